The van der Waals surface area contributed by atoms with Crippen LogP contribution in [0.2, 0.25) is 0 Å². The first-order valence-electron chi connectivity index (χ1n) is 8.26. The SMILES string of the molecule is O=C([C@@H]1CCOC1)N1CCOC[C@H]1c1ncnn1-c1ccccc1. The molecule has 2 atom stereocenters. The minimum Gasteiger partial charge on any atom is -0.381 e. The van der Waals surface area contributed by atoms with E-state index in [0.717, 1.165) is 17.9 Å². The van der Waals surface area contributed by atoms with E-state index in [4.69, 9.17) is 9.47 Å². The van der Waals surface area contributed by atoms with Crippen LogP contribution < -0.4 is 0 Å². The van der Waals surface area contributed by atoms with Crippen LogP contribution in [0.4, 0.5) is 0 Å². The monoisotopic (exact) mass is 328 g/mol. The molecule has 2 aliphatic rings. The maximum atomic E-state index is 12.9. The molecule has 0 unspecified atom stereocenters. The Labute approximate surface area is 140 Å². The molecule has 1 aromatic carbocycles. The minimum atomic E-state index is -0.227. The normalized spacial score (nSPS) is 24.2. The van der Waals surface area contributed by atoms with Gasteiger partial charge in [-0.25, -0.2) is 9.67 Å². The van der Waals surface area contributed by atoms with Crippen molar-refractivity contribution in [3.05, 3.63) is 42.5 Å². The second-order valence-electron chi connectivity index (χ2n) is 6.05. The van der Waals surface area contributed by atoms with Crippen LogP contribution >= 0.6 is 0 Å². The average Bonchev–Trinajstić information content (AvgIpc) is 3.33. The molecule has 126 valence electrons. The molecule has 4 rings (SSSR count). The summed E-state index contributed by atoms with van der Waals surface area (Å²) in [6, 6.07) is 9.58. The third kappa shape index (κ3) is 2.81. The van der Waals surface area contributed by atoms with Gasteiger partial charge in [0.1, 0.15) is 12.4 Å². The van der Waals surface area contributed by atoms with Gasteiger partial charge in [0, 0.05) is 13.2 Å². The Hall–Kier alpha value is -2.25. The first-order valence-corrected chi connectivity index (χ1v) is 8.26. The Morgan fingerprint density at radius 2 is 1.96 bits per heavy atom. The predicted molar refractivity (Wildman–Crippen MR) is 85.6 cm³/mol. The molecule has 2 fully saturated rings. The third-order valence-electron chi connectivity index (χ3n) is 4.56. The molecule has 3 heterocycles. The lowest BCUT2D eigenvalue weighted by molar-refractivity contribution is -0.145. The van der Waals surface area contributed by atoms with E-state index in [1.165, 1.54) is 6.33 Å². The largest absolute Gasteiger partial charge is 0.381 e. The molecule has 24 heavy (non-hydrogen) atoms. The molecule has 0 saturated carbocycles. The molecule has 0 radical (unpaired) electrons. The highest BCUT2D eigenvalue weighted by atomic mass is 16.5. The standard InChI is InChI=1S/C17H20N4O3/c22-17(13-6-8-23-10-13)20-7-9-24-11-15(20)16-18-12-19-21(16)14-4-2-1-3-5-14/h1-5,12-13,15H,6-11H2/t13-,15+/m1/s1. The number of benzene rings is 1. The maximum absolute atomic E-state index is 12.9. The number of para-hydroxylation sites is 1. The molecule has 2 saturated heterocycles. The van der Waals surface area contributed by atoms with E-state index in [1.807, 2.05) is 35.2 Å². The summed E-state index contributed by atoms with van der Waals surface area (Å²) >= 11 is 0. The summed E-state index contributed by atoms with van der Waals surface area (Å²) in [4.78, 5) is 19.2. The first-order chi connectivity index (χ1) is 11.8. The van der Waals surface area contributed by atoms with Crippen LogP contribution in [-0.2, 0) is 14.3 Å². The van der Waals surface area contributed by atoms with Gasteiger partial charge in [-0.15, -0.1) is 0 Å². The second kappa shape index (κ2) is 6.70. The summed E-state index contributed by atoms with van der Waals surface area (Å²) in [5.74, 6) is 0.801. The summed E-state index contributed by atoms with van der Waals surface area (Å²) in [7, 11) is 0. The van der Waals surface area contributed by atoms with Gasteiger partial charge in [0.05, 0.1) is 31.4 Å². The van der Waals surface area contributed by atoms with Crippen LogP contribution in [-0.4, -0.2) is 58.5 Å². The van der Waals surface area contributed by atoms with Crippen molar-refractivity contribution in [2.45, 2.75) is 12.5 Å². The third-order valence-corrected chi connectivity index (χ3v) is 4.56. The Balaban J connectivity index is 1.64. The van der Waals surface area contributed by atoms with Crippen molar-refractivity contribution < 1.29 is 14.3 Å². The number of morpholine rings is 1. The number of ether oxygens (including phenoxy) is 2. The number of hydrogen-bond donors (Lipinski definition) is 0. The number of rotatable bonds is 3. The average molecular weight is 328 g/mol. The molecule has 1 aromatic heterocycles. The van der Waals surface area contributed by atoms with E-state index in [9.17, 15) is 4.79 Å². The highest BCUT2D eigenvalue weighted by Crippen LogP contribution is 2.27. The smallest absolute Gasteiger partial charge is 0.228 e. The summed E-state index contributed by atoms with van der Waals surface area (Å²) < 4.78 is 12.8. The van der Waals surface area contributed by atoms with Gasteiger partial charge in [0.15, 0.2) is 5.82 Å². The molecule has 0 spiro atoms. The van der Waals surface area contributed by atoms with Crippen LogP contribution in [0.15, 0.2) is 36.7 Å². The zero-order chi connectivity index (χ0) is 16.4. The van der Waals surface area contributed by atoms with Gasteiger partial charge in [-0.2, -0.15) is 5.10 Å². The van der Waals surface area contributed by atoms with Gasteiger partial charge in [-0.1, -0.05) is 18.2 Å². The van der Waals surface area contributed by atoms with Crippen LogP contribution in [0.1, 0.15) is 18.3 Å². The molecule has 7 heteroatoms. The highest BCUT2D eigenvalue weighted by molar-refractivity contribution is 5.79. The van der Waals surface area contributed by atoms with Crippen LogP contribution in [0.25, 0.3) is 5.69 Å². The predicted octanol–water partition coefficient (Wildman–Crippen LogP) is 1.20. The van der Waals surface area contributed by atoms with E-state index in [0.29, 0.717) is 33.0 Å². The lowest BCUT2D eigenvalue weighted by Gasteiger charge is -2.36. The molecule has 0 aliphatic carbocycles. The van der Waals surface area contributed by atoms with Crippen LogP contribution in [0.3, 0.4) is 0 Å². The van der Waals surface area contributed by atoms with E-state index >= 15 is 0 Å². The number of carbonyl (C=O) groups is 1. The second-order valence-corrected chi connectivity index (χ2v) is 6.05. The van der Waals surface area contributed by atoms with E-state index in [-0.39, 0.29) is 17.9 Å². The lowest BCUT2D eigenvalue weighted by Crippen LogP contribution is -2.47. The number of amides is 1. The fourth-order valence-electron chi connectivity index (χ4n) is 3.29. The molecule has 0 bridgehead atoms. The summed E-state index contributed by atoms with van der Waals surface area (Å²) in [5, 5.41) is 4.34. The molecular formula is C17H20N4O3. The number of nitrogens with zero attached hydrogens (tertiary/aromatic N) is 4. The number of hydrogen-bond acceptors (Lipinski definition) is 5. The van der Waals surface area contributed by atoms with E-state index < -0.39 is 0 Å². The molecule has 2 aliphatic heterocycles. The molecule has 2 aromatic rings. The van der Waals surface area contributed by atoms with Crippen LogP contribution in [0.5, 0.6) is 0 Å². The van der Waals surface area contributed by atoms with Gasteiger partial charge in [-0.05, 0) is 18.6 Å². The van der Waals surface area contributed by atoms with E-state index in [2.05, 4.69) is 10.1 Å². The quantitative estimate of drug-likeness (QED) is 0.847. The summed E-state index contributed by atoms with van der Waals surface area (Å²) in [6.07, 6.45) is 2.31. The van der Waals surface area contributed by atoms with Crippen molar-refractivity contribution in [1.29, 1.82) is 0 Å². The van der Waals surface area contributed by atoms with E-state index in [1.54, 1.807) is 4.68 Å². The van der Waals surface area contributed by atoms with Gasteiger partial charge in [0.2, 0.25) is 5.91 Å². The lowest BCUT2D eigenvalue weighted by atomic mass is 10.1. The molecule has 7 nitrogen and oxygen atoms in total. The highest BCUT2D eigenvalue weighted by Gasteiger charge is 2.36. The number of carbonyl (C=O) groups excluding carboxylic acids is 1. The van der Waals surface area contributed by atoms with Crippen molar-refractivity contribution in [1.82, 2.24) is 19.7 Å². The van der Waals surface area contributed by atoms with Crippen molar-refractivity contribution in [2.24, 2.45) is 5.92 Å². The Bertz CT molecular complexity index is 697. The van der Waals surface area contributed by atoms with Crippen molar-refractivity contribution in [3.8, 4) is 5.69 Å². The fourth-order valence-corrected chi connectivity index (χ4v) is 3.29. The zero-order valence-electron chi connectivity index (χ0n) is 13.4. The van der Waals surface area contributed by atoms with Gasteiger partial charge < -0.3 is 14.4 Å². The summed E-state index contributed by atoms with van der Waals surface area (Å²) in [5.41, 5.74) is 0.923. The topological polar surface area (TPSA) is 69.5 Å². The van der Waals surface area contributed by atoms with Gasteiger partial charge in [-0.3, -0.25) is 4.79 Å². The Kier molecular flexibility index (Phi) is 4.27. The van der Waals surface area contributed by atoms with Crippen molar-refractivity contribution >= 4 is 5.91 Å². The van der Waals surface area contributed by atoms with Crippen molar-refractivity contribution in [2.75, 3.05) is 33.0 Å². The Morgan fingerprint density at radius 3 is 2.75 bits per heavy atom. The fraction of sp³-hybridized carbons (Fsp3) is 0.471. The molecular weight excluding hydrogens is 308 g/mol. The Morgan fingerprint density at radius 1 is 1.12 bits per heavy atom. The zero-order valence-corrected chi connectivity index (χ0v) is 13.4. The molecule has 0 N–H and O–H groups in total. The van der Waals surface area contributed by atoms with Crippen molar-refractivity contribution in [3.63, 3.8) is 0 Å². The minimum absolute atomic E-state index is 0.0568. The van der Waals surface area contributed by atoms with Gasteiger partial charge in [0.25, 0.3) is 0 Å². The maximum Gasteiger partial charge on any atom is 0.228 e. The molecule has 1 amide bonds. The number of aromatic nitrogens is 3. The summed E-state index contributed by atoms with van der Waals surface area (Å²) in [6.45, 7) is 2.72. The van der Waals surface area contributed by atoms with Crippen LogP contribution in [0, 0.1) is 5.92 Å². The first kappa shape index (κ1) is 15.3. The van der Waals surface area contributed by atoms with Gasteiger partial charge >= 0.3 is 0 Å².